The van der Waals surface area contributed by atoms with E-state index in [4.69, 9.17) is 9.47 Å². The monoisotopic (exact) mass is 816 g/mol. The number of rotatable bonds is 13. The van der Waals surface area contributed by atoms with Gasteiger partial charge in [0.05, 0.1) is 30.0 Å². The minimum atomic E-state index is -4.47. The molecule has 3 aromatic carbocycles. The molecule has 1 amide bonds. The second-order valence-electron chi connectivity index (χ2n) is 14.2. The minimum Gasteiger partial charge on any atom is -0.493 e. The van der Waals surface area contributed by atoms with Crippen LogP contribution in [0, 0.1) is 6.92 Å². The van der Waals surface area contributed by atoms with E-state index in [0.717, 1.165) is 21.3 Å². The number of thiazole rings is 1. The number of ether oxygens (including phenoxy) is 2. The number of benzene rings is 3. The predicted molar refractivity (Wildman–Crippen MR) is 215 cm³/mol. The Hall–Kier alpha value is -5.58. The Balaban J connectivity index is 1.02. The number of alkyl halides is 3. The third kappa shape index (κ3) is 9.09. The Morgan fingerprint density at radius 3 is 2.55 bits per heavy atom. The molecule has 304 valence electrons. The number of esters is 1. The van der Waals surface area contributed by atoms with Crippen LogP contribution in [0.5, 0.6) is 5.75 Å². The average molecular weight is 817 g/mol. The number of carbonyl (C=O) groups excluding carboxylic acids is 2. The van der Waals surface area contributed by atoms with Gasteiger partial charge in [0, 0.05) is 50.4 Å². The van der Waals surface area contributed by atoms with Gasteiger partial charge in [-0.25, -0.2) is 14.8 Å². The van der Waals surface area contributed by atoms with Crippen LogP contribution in [0.4, 0.5) is 24.1 Å². The highest BCUT2D eigenvalue weighted by Crippen LogP contribution is 2.35. The van der Waals surface area contributed by atoms with Gasteiger partial charge in [0.2, 0.25) is 0 Å². The number of nitrogens with one attached hydrogen (secondary N) is 1. The summed E-state index contributed by atoms with van der Waals surface area (Å²) in [4.78, 5) is 52.1. The van der Waals surface area contributed by atoms with Crippen molar-refractivity contribution in [2.24, 2.45) is 0 Å². The number of para-hydroxylation sites is 1. The third-order valence-electron chi connectivity index (χ3n) is 10.5. The van der Waals surface area contributed by atoms with E-state index >= 15 is 0 Å². The lowest BCUT2D eigenvalue weighted by atomic mass is 9.94. The molecule has 16 heteroatoms. The molecule has 0 unspecified atom stereocenters. The Kier molecular flexibility index (Phi) is 12.3. The first-order valence-corrected chi connectivity index (χ1v) is 19.9. The molecule has 1 fully saturated rings. The van der Waals surface area contributed by atoms with E-state index in [1.54, 1.807) is 50.2 Å². The van der Waals surface area contributed by atoms with Crippen molar-refractivity contribution in [3.8, 4) is 16.9 Å². The number of hydrogen-bond donors (Lipinski definition) is 2. The summed E-state index contributed by atoms with van der Waals surface area (Å²) < 4.78 is 54.0. The Morgan fingerprint density at radius 2 is 1.78 bits per heavy atom. The van der Waals surface area contributed by atoms with E-state index in [2.05, 4.69) is 15.3 Å². The summed E-state index contributed by atoms with van der Waals surface area (Å²) in [6.45, 7) is 4.75. The fourth-order valence-electron chi connectivity index (χ4n) is 7.59. The quantitative estimate of drug-likeness (QED) is 0.0934. The van der Waals surface area contributed by atoms with Crippen molar-refractivity contribution in [1.29, 1.82) is 0 Å². The molecule has 2 aliphatic heterocycles. The van der Waals surface area contributed by atoms with Gasteiger partial charge in [0.25, 0.3) is 5.91 Å². The van der Waals surface area contributed by atoms with Gasteiger partial charge in [-0.05, 0) is 85.3 Å². The lowest BCUT2D eigenvalue weighted by Crippen LogP contribution is -2.59. The third-order valence-corrected chi connectivity index (χ3v) is 11.4. The van der Waals surface area contributed by atoms with Crippen molar-refractivity contribution in [1.82, 2.24) is 19.8 Å². The van der Waals surface area contributed by atoms with E-state index in [0.29, 0.717) is 71.4 Å². The smallest absolute Gasteiger partial charge is 0.405 e. The fourth-order valence-corrected chi connectivity index (χ4v) is 8.45. The van der Waals surface area contributed by atoms with Crippen molar-refractivity contribution in [2.75, 3.05) is 62.7 Å². The lowest BCUT2D eigenvalue weighted by molar-refractivity contribution is -0.198. The molecular formula is C42H43F3N6O6S. The van der Waals surface area contributed by atoms with Crippen LogP contribution in [-0.4, -0.2) is 107 Å². The first kappa shape index (κ1) is 40.6. The van der Waals surface area contributed by atoms with Crippen LogP contribution in [0.2, 0.25) is 0 Å². The summed E-state index contributed by atoms with van der Waals surface area (Å²) >= 11 is 1.40. The van der Waals surface area contributed by atoms with Gasteiger partial charge in [0.1, 0.15) is 17.6 Å². The van der Waals surface area contributed by atoms with Crippen LogP contribution in [-0.2, 0) is 22.5 Å². The van der Waals surface area contributed by atoms with Gasteiger partial charge >= 0.3 is 18.1 Å². The average Bonchev–Trinajstić information content (AvgIpc) is 3.62. The molecule has 2 N–H and O–H groups in total. The van der Waals surface area contributed by atoms with E-state index in [-0.39, 0.29) is 51.0 Å². The molecule has 4 heterocycles. The Labute approximate surface area is 337 Å². The number of piperazine rings is 1. The number of carboxylic acids is 1. The zero-order chi connectivity index (χ0) is 41.0. The van der Waals surface area contributed by atoms with Crippen LogP contribution in [0.25, 0.3) is 21.3 Å². The van der Waals surface area contributed by atoms with E-state index in [9.17, 15) is 32.7 Å². The van der Waals surface area contributed by atoms with Crippen molar-refractivity contribution < 1.29 is 42.1 Å². The summed E-state index contributed by atoms with van der Waals surface area (Å²) in [7, 11) is 0. The van der Waals surface area contributed by atoms with Gasteiger partial charge in [-0.3, -0.25) is 24.7 Å². The number of fused-ring (bicyclic) bond motifs is 2. The molecular weight excluding hydrogens is 774 g/mol. The van der Waals surface area contributed by atoms with Gasteiger partial charge in [0.15, 0.2) is 10.8 Å². The molecule has 58 heavy (non-hydrogen) atoms. The standard InChI is InChI=1S/C42H43F3N6O6S/c1-3-56-37(52)25-49-20-21-50(35(24-49)42(43,44)45)18-8-22-57-33-13-7-10-28(26(33)2)29-15-16-36(47-38(29)40(54)55)51-19-17-27-9-6-11-30(31(27)23-51)39(53)48-41-46-32-12-4-5-14-34(32)58-41/h4-7,9-16,35H,3,8,17-25H2,1-2H3,(H,54,55)(H,46,48,53)/t35-/m1/s1. The van der Waals surface area contributed by atoms with Crippen LogP contribution in [0.3, 0.4) is 0 Å². The van der Waals surface area contributed by atoms with Gasteiger partial charge in [-0.2, -0.15) is 13.2 Å². The number of carbonyl (C=O) groups is 3. The Morgan fingerprint density at radius 1 is 0.966 bits per heavy atom. The maximum atomic E-state index is 14.0. The highest BCUT2D eigenvalue weighted by molar-refractivity contribution is 7.22. The second kappa shape index (κ2) is 17.5. The molecule has 0 saturated carbocycles. The molecule has 0 aliphatic carbocycles. The molecule has 1 atom stereocenters. The largest absolute Gasteiger partial charge is 0.493 e. The zero-order valence-electron chi connectivity index (χ0n) is 32.1. The molecule has 12 nitrogen and oxygen atoms in total. The highest BCUT2D eigenvalue weighted by atomic mass is 32.1. The Bertz CT molecular complexity index is 2290. The van der Waals surface area contributed by atoms with Gasteiger partial charge in [-0.15, -0.1) is 0 Å². The number of aromatic carboxylic acids is 1. The summed E-state index contributed by atoms with van der Waals surface area (Å²) in [6, 6.07) is 20.3. The van der Waals surface area contributed by atoms with Gasteiger partial charge < -0.3 is 19.5 Å². The summed E-state index contributed by atoms with van der Waals surface area (Å²) in [5.41, 5.74) is 4.69. The van der Waals surface area contributed by atoms with Crippen LogP contribution in [0.1, 0.15) is 50.9 Å². The van der Waals surface area contributed by atoms with Crippen molar-refractivity contribution in [2.45, 2.75) is 45.5 Å². The maximum absolute atomic E-state index is 14.0. The summed E-state index contributed by atoms with van der Waals surface area (Å²) in [6.07, 6.45) is -3.53. The number of amides is 1. The topological polar surface area (TPSA) is 137 Å². The highest BCUT2D eigenvalue weighted by Gasteiger charge is 2.46. The van der Waals surface area contributed by atoms with Gasteiger partial charge in [-0.1, -0.05) is 47.7 Å². The van der Waals surface area contributed by atoms with E-state index in [1.807, 2.05) is 41.3 Å². The first-order chi connectivity index (χ1) is 27.9. The zero-order valence-corrected chi connectivity index (χ0v) is 32.9. The van der Waals surface area contributed by atoms with Crippen LogP contribution < -0.4 is 15.0 Å². The minimum absolute atomic E-state index is 0.137. The summed E-state index contributed by atoms with van der Waals surface area (Å²) in [5, 5.41) is 13.8. The number of aromatic nitrogens is 2. The molecule has 1 saturated heterocycles. The van der Waals surface area contributed by atoms with Crippen molar-refractivity contribution >= 4 is 50.3 Å². The lowest BCUT2D eigenvalue weighted by Gasteiger charge is -2.41. The molecule has 2 aliphatic rings. The molecule has 5 aromatic rings. The normalized spacial score (nSPS) is 16.2. The van der Waals surface area contributed by atoms with Crippen LogP contribution in [0.15, 0.2) is 72.8 Å². The number of hydrogen-bond acceptors (Lipinski definition) is 11. The fraction of sp³-hybridized carbons (Fsp3) is 0.357. The number of carboxylic acid groups (broad SMARTS) is 1. The molecule has 2 aromatic heterocycles. The number of nitrogens with zero attached hydrogens (tertiary/aromatic N) is 5. The van der Waals surface area contributed by atoms with E-state index < -0.39 is 24.2 Å². The molecule has 0 radical (unpaired) electrons. The SMILES string of the molecule is CCOC(=O)CN1CCN(CCCOc2cccc(-c3ccc(N4CCc5cccc(C(=O)Nc6nc7ccccc7s6)c5C4)nc3C(=O)O)c2C)[C@@H](C(F)(F)F)C1. The number of anilines is 2. The number of halogens is 3. The molecule has 0 bridgehead atoms. The predicted octanol–water partition coefficient (Wildman–Crippen LogP) is 7.06. The van der Waals surface area contributed by atoms with E-state index in [1.165, 1.54) is 21.1 Å². The van der Waals surface area contributed by atoms with Crippen LogP contribution >= 0.6 is 11.3 Å². The number of pyridine rings is 1. The van der Waals surface area contributed by atoms with Crippen molar-refractivity contribution in [3.05, 3.63) is 101 Å². The second-order valence-corrected chi connectivity index (χ2v) is 15.2. The maximum Gasteiger partial charge on any atom is 0.405 e. The summed E-state index contributed by atoms with van der Waals surface area (Å²) in [5.74, 6) is -1.10. The van der Waals surface area contributed by atoms with Crippen molar-refractivity contribution in [3.63, 3.8) is 0 Å². The molecule has 0 spiro atoms. The molecule has 7 rings (SSSR count). The first-order valence-electron chi connectivity index (χ1n) is 19.1.